The Morgan fingerprint density at radius 3 is 2.19 bits per heavy atom. The normalized spacial score (nSPS) is 10.4. The second-order valence-corrected chi connectivity index (χ2v) is 4.86. The lowest BCUT2D eigenvalue weighted by molar-refractivity contribution is -0.152. The number of carboxylic acid groups (broad SMARTS) is 1. The Morgan fingerprint density at radius 2 is 1.69 bits per heavy atom. The van der Waals surface area contributed by atoms with Crippen molar-refractivity contribution in [1.82, 2.24) is 0 Å². The van der Waals surface area contributed by atoms with Gasteiger partial charge in [0.25, 0.3) is 0 Å². The fourth-order valence-electron chi connectivity index (χ4n) is 1.18. The minimum Gasteiger partial charge on any atom is -0.482 e. The third kappa shape index (κ3) is 12.3. The van der Waals surface area contributed by atoms with E-state index in [1.54, 1.807) is 24.3 Å². The van der Waals surface area contributed by atoms with Crippen molar-refractivity contribution < 1.29 is 38.8 Å². The Kier molecular flexibility index (Phi) is 11.6. The minimum absolute atomic E-state index is 0.176. The lowest BCUT2D eigenvalue weighted by Crippen LogP contribution is -2.26. The molecule has 142 valence electrons. The van der Waals surface area contributed by atoms with Crippen LogP contribution in [0.25, 0.3) is 0 Å². The van der Waals surface area contributed by atoms with Gasteiger partial charge in [0, 0.05) is 11.6 Å². The van der Waals surface area contributed by atoms with Crippen molar-refractivity contribution in [2.45, 2.75) is 13.0 Å². The standard InChI is InChI=1S/C14H16O6.C4H6O2/c1-2-13(16)19-8-11(15)9-20-14(17)10-18-12-6-4-3-5-7-12;1-3(2)4(5)6/h2-7,11,15H,1,8-10H2;1H2,2H3,(H,5,6). The Bertz CT molecular complexity index is 597. The maximum absolute atomic E-state index is 11.3. The van der Waals surface area contributed by atoms with Crippen LogP contribution in [0.3, 0.4) is 0 Å². The Morgan fingerprint density at radius 1 is 1.15 bits per heavy atom. The molecule has 0 aliphatic heterocycles. The van der Waals surface area contributed by atoms with Crippen molar-refractivity contribution in [3.8, 4) is 5.75 Å². The van der Waals surface area contributed by atoms with Gasteiger partial charge < -0.3 is 24.4 Å². The fraction of sp³-hybridized carbons (Fsp3) is 0.278. The predicted molar refractivity (Wildman–Crippen MR) is 92.5 cm³/mol. The first-order chi connectivity index (χ1) is 12.3. The first-order valence-electron chi connectivity index (χ1n) is 7.45. The number of aliphatic carboxylic acids is 1. The zero-order valence-corrected chi connectivity index (χ0v) is 14.4. The van der Waals surface area contributed by atoms with Crippen LogP contribution in [0.5, 0.6) is 5.75 Å². The third-order valence-corrected chi connectivity index (χ3v) is 2.49. The summed E-state index contributed by atoms with van der Waals surface area (Å²) in [6.45, 7) is 7.01. The van der Waals surface area contributed by atoms with Crippen LogP contribution in [-0.2, 0) is 23.9 Å². The van der Waals surface area contributed by atoms with Crippen molar-refractivity contribution >= 4 is 17.9 Å². The molecule has 26 heavy (non-hydrogen) atoms. The summed E-state index contributed by atoms with van der Waals surface area (Å²) in [5.74, 6) is -1.66. The molecule has 8 heteroatoms. The zero-order chi connectivity index (χ0) is 19.9. The van der Waals surface area contributed by atoms with Crippen LogP contribution in [0.4, 0.5) is 0 Å². The van der Waals surface area contributed by atoms with E-state index in [9.17, 15) is 19.5 Å². The number of rotatable bonds is 9. The van der Waals surface area contributed by atoms with E-state index < -0.39 is 24.0 Å². The van der Waals surface area contributed by atoms with Gasteiger partial charge in [-0.2, -0.15) is 0 Å². The van der Waals surface area contributed by atoms with Crippen LogP contribution in [0.2, 0.25) is 0 Å². The number of carbonyl (C=O) groups excluding carboxylic acids is 2. The van der Waals surface area contributed by atoms with E-state index >= 15 is 0 Å². The smallest absolute Gasteiger partial charge is 0.344 e. The van der Waals surface area contributed by atoms with Crippen LogP contribution in [0.15, 0.2) is 55.1 Å². The summed E-state index contributed by atoms with van der Waals surface area (Å²) < 4.78 is 14.5. The van der Waals surface area contributed by atoms with Crippen molar-refractivity contribution in [2.24, 2.45) is 0 Å². The summed E-state index contributed by atoms with van der Waals surface area (Å²) in [6, 6.07) is 8.79. The van der Waals surface area contributed by atoms with Crippen molar-refractivity contribution in [3.63, 3.8) is 0 Å². The zero-order valence-electron chi connectivity index (χ0n) is 14.4. The molecule has 0 saturated carbocycles. The number of esters is 2. The van der Waals surface area contributed by atoms with Crippen molar-refractivity contribution in [3.05, 3.63) is 55.1 Å². The summed E-state index contributed by atoms with van der Waals surface area (Å²) in [7, 11) is 0. The number of hydrogen-bond donors (Lipinski definition) is 2. The second-order valence-electron chi connectivity index (χ2n) is 4.86. The van der Waals surface area contributed by atoms with E-state index in [-0.39, 0.29) is 25.4 Å². The SMILES string of the molecule is C=C(C)C(=O)O.C=CC(=O)OCC(O)COC(=O)COc1ccccc1. The maximum atomic E-state index is 11.3. The van der Waals surface area contributed by atoms with Crippen molar-refractivity contribution in [1.29, 1.82) is 0 Å². The molecule has 0 aromatic heterocycles. The Hall–Kier alpha value is -3.13. The van der Waals surface area contributed by atoms with E-state index in [0.29, 0.717) is 5.75 Å². The quantitative estimate of drug-likeness (QED) is 0.496. The van der Waals surface area contributed by atoms with Crippen molar-refractivity contribution in [2.75, 3.05) is 19.8 Å². The number of para-hydroxylation sites is 1. The molecule has 0 spiro atoms. The van der Waals surface area contributed by atoms with Gasteiger partial charge in [-0.3, -0.25) is 0 Å². The summed E-state index contributed by atoms with van der Waals surface area (Å²) in [4.78, 5) is 31.7. The van der Waals surface area contributed by atoms with Gasteiger partial charge in [0.2, 0.25) is 0 Å². The summed E-state index contributed by atoms with van der Waals surface area (Å²) in [5, 5.41) is 17.3. The molecule has 1 aromatic rings. The average Bonchev–Trinajstić information content (AvgIpc) is 2.63. The molecule has 0 saturated heterocycles. The third-order valence-electron chi connectivity index (χ3n) is 2.49. The largest absolute Gasteiger partial charge is 0.482 e. The molecule has 0 amide bonds. The van der Waals surface area contributed by atoms with Gasteiger partial charge in [0.1, 0.15) is 25.1 Å². The molecule has 0 heterocycles. The Balaban J connectivity index is 0.000000896. The summed E-state index contributed by atoms with van der Waals surface area (Å²) >= 11 is 0. The molecular weight excluding hydrogens is 344 g/mol. The van der Waals surface area contributed by atoms with Crippen LogP contribution in [0.1, 0.15) is 6.92 Å². The van der Waals surface area contributed by atoms with E-state index in [1.807, 2.05) is 6.07 Å². The highest BCUT2D eigenvalue weighted by atomic mass is 16.6. The molecule has 8 nitrogen and oxygen atoms in total. The molecule has 0 aliphatic carbocycles. The van der Waals surface area contributed by atoms with Gasteiger partial charge in [-0.25, -0.2) is 14.4 Å². The minimum atomic E-state index is -1.08. The van der Waals surface area contributed by atoms with Gasteiger partial charge in [-0.1, -0.05) is 31.4 Å². The number of hydrogen-bond acceptors (Lipinski definition) is 7. The average molecular weight is 366 g/mol. The van der Waals surface area contributed by atoms with Crippen LogP contribution in [0, 0.1) is 0 Å². The number of carbonyl (C=O) groups is 3. The van der Waals surface area contributed by atoms with E-state index in [2.05, 4.69) is 17.9 Å². The second kappa shape index (κ2) is 13.2. The van der Waals surface area contributed by atoms with Crippen LogP contribution >= 0.6 is 0 Å². The summed E-state index contributed by atoms with van der Waals surface area (Å²) in [6.07, 6.45) is -0.105. The van der Waals surface area contributed by atoms with Gasteiger partial charge in [0.05, 0.1) is 0 Å². The van der Waals surface area contributed by atoms with Gasteiger partial charge >= 0.3 is 17.9 Å². The number of benzene rings is 1. The molecule has 0 radical (unpaired) electrons. The molecule has 1 unspecified atom stereocenters. The molecular formula is C18H22O8. The van der Waals surface area contributed by atoms with E-state index in [4.69, 9.17) is 14.6 Å². The van der Waals surface area contributed by atoms with Crippen LogP contribution < -0.4 is 4.74 Å². The molecule has 0 aliphatic rings. The molecule has 0 fully saturated rings. The highest BCUT2D eigenvalue weighted by Gasteiger charge is 2.11. The van der Waals surface area contributed by atoms with E-state index in [0.717, 1.165) is 6.08 Å². The molecule has 2 N–H and O–H groups in total. The molecule has 0 bridgehead atoms. The number of aliphatic hydroxyl groups is 1. The predicted octanol–water partition coefficient (Wildman–Crippen LogP) is 1.35. The molecule has 1 aromatic carbocycles. The number of ether oxygens (including phenoxy) is 3. The number of carboxylic acids is 1. The molecule has 1 atom stereocenters. The monoisotopic (exact) mass is 366 g/mol. The first kappa shape index (κ1) is 22.9. The lowest BCUT2D eigenvalue weighted by atomic mass is 10.3. The highest BCUT2D eigenvalue weighted by Crippen LogP contribution is 2.07. The summed E-state index contributed by atoms with van der Waals surface area (Å²) in [5.41, 5.74) is 0.176. The number of aliphatic hydroxyl groups excluding tert-OH is 1. The van der Waals surface area contributed by atoms with E-state index in [1.165, 1.54) is 6.92 Å². The molecule has 1 rings (SSSR count). The van der Waals surface area contributed by atoms with Gasteiger partial charge in [-0.05, 0) is 19.1 Å². The highest BCUT2D eigenvalue weighted by molar-refractivity contribution is 5.84. The maximum Gasteiger partial charge on any atom is 0.344 e. The topological polar surface area (TPSA) is 119 Å². The van der Waals surface area contributed by atoms with Gasteiger partial charge in [-0.15, -0.1) is 0 Å². The van der Waals surface area contributed by atoms with Gasteiger partial charge in [0.15, 0.2) is 6.61 Å². The first-order valence-corrected chi connectivity index (χ1v) is 7.45. The Labute approximate surface area is 151 Å². The fourth-order valence-corrected chi connectivity index (χ4v) is 1.18. The van der Waals surface area contributed by atoms with Crippen LogP contribution in [-0.4, -0.2) is 54.0 Å². The lowest BCUT2D eigenvalue weighted by Gasteiger charge is -2.11.